The van der Waals surface area contributed by atoms with Gasteiger partial charge in [-0.15, -0.1) is 0 Å². The Morgan fingerprint density at radius 1 is 0.950 bits per heavy atom. The molecule has 5 aliphatic rings. The highest BCUT2D eigenvalue weighted by Gasteiger charge is 2.73. The van der Waals surface area contributed by atoms with E-state index in [0.29, 0.717) is 24.8 Å². The summed E-state index contributed by atoms with van der Waals surface area (Å²) >= 11 is 0. The number of allylic oxidation sites excluding steroid dienone is 2. The van der Waals surface area contributed by atoms with Crippen molar-refractivity contribution in [2.75, 3.05) is 0 Å². The number of carbonyl (C=O) groups is 2. The maximum atomic E-state index is 13.0. The maximum Gasteiger partial charge on any atom is 0.331 e. The molecule has 0 amide bonds. The molecule has 0 aromatic heterocycles. The lowest BCUT2D eigenvalue weighted by Gasteiger charge is -2.71. The molecule has 0 heterocycles. The fourth-order valence-corrected chi connectivity index (χ4v) is 10.9. The molecule has 40 heavy (non-hydrogen) atoms. The van der Waals surface area contributed by atoms with Gasteiger partial charge in [0.25, 0.3) is 0 Å². The maximum absolute atomic E-state index is 13.0. The summed E-state index contributed by atoms with van der Waals surface area (Å²) in [7, 11) is 0. The topological polar surface area (TPSA) is 130 Å². The lowest BCUT2D eigenvalue weighted by atomic mass is 9.34. The van der Waals surface area contributed by atoms with Crippen molar-refractivity contribution < 1.29 is 29.6 Å². The van der Waals surface area contributed by atoms with E-state index in [9.17, 15) is 24.9 Å². The summed E-state index contributed by atoms with van der Waals surface area (Å²) in [5, 5.41) is 33.5. The van der Waals surface area contributed by atoms with Gasteiger partial charge in [-0.05, 0) is 111 Å². The van der Waals surface area contributed by atoms with Crippen LogP contribution in [-0.2, 0) is 14.3 Å². The van der Waals surface area contributed by atoms with Crippen molar-refractivity contribution in [1.29, 1.82) is 0 Å². The Morgan fingerprint density at radius 2 is 1.62 bits per heavy atom. The van der Waals surface area contributed by atoms with Crippen LogP contribution in [0, 0.1) is 39.9 Å². The van der Waals surface area contributed by atoms with Crippen LogP contribution in [0.3, 0.4) is 0 Å². The van der Waals surface area contributed by atoms with Gasteiger partial charge < -0.3 is 25.8 Å². The van der Waals surface area contributed by atoms with Crippen LogP contribution in [0.2, 0.25) is 0 Å². The number of aliphatic carboxylic acids is 1. The second-order valence-electron chi connectivity index (χ2n) is 15.0. The number of rotatable bonds is 3. The summed E-state index contributed by atoms with van der Waals surface area (Å²) in [6.07, 6.45) is 4.57. The number of carboxylic acid groups (broad SMARTS) is 1. The van der Waals surface area contributed by atoms with Crippen LogP contribution in [0.15, 0.2) is 22.3 Å². The van der Waals surface area contributed by atoms with Gasteiger partial charge in [0.15, 0.2) is 0 Å². The van der Waals surface area contributed by atoms with Gasteiger partial charge in [0, 0.05) is 24.0 Å². The molecular weight excluding hydrogens is 506 g/mol. The highest BCUT2D eigenvalue weighted by atomic mass is 16.5. The first-order chi connectivity index (χ1) is 18.5. The van der Waals surface area contributed by atoms with Gasteiger partial charge in [0.05, 0.1) is 12.2 Å². The Kier molecular flexibility index (Phi) is 7.20. The third-order valence-electron chi connectivity index (χ3n) is 13.4. The van der Waals surface area contributed by atoms with Crippen LogP contribution in [0.25, 0.3) is 0 Å². The normalized spacial score (nSPS) is 49.5. The molecule has 0 saturated heterocycles. The van der Waals surface area contributed by atoms with Gasteiger partial charge >= 0.3 is 11.9 Å². The van der Waals surface area contributed by atoms with Crippen molar-refractivity contribution in [1.82, 2.24) is 0 Å². The molecule has 6 unspecified atom stereocenters. The van der Waals surface area contributed by atoms with Crippen LogP contribution in [-0.4, -0.2) is 51.1 Å². The highest BCUT2D eigenvalue weighted by Crippen LogP contribution is 2.75. The first-order valence-corrected chi connectivity index (χ1v) is 15.5. The summed E-state index contributed by atoms with van der Waals surface area (Å²) in [5.74, 6) is -1.84. The molecule has 5 saturated carbocycles. The van der Waals surface area contributed by atoms with Crippen LogP contribution >= 0.6 is 0 Å². The van der Waals surface area contributed by atoms with Gasteiger partial charge in [-0.2, -0.15) is 0 Å². The van der Waals surface area contributed by atoms with Crippen molar-refractivity contribution in [2.24, 2.45) is 45.7 Å². The van der Waals surface area contributed by atoms with Crippen LogP contribution in [0.4, 0.5) is 0 Å². The largest absolute Gasteiger partial charge is 0.478 e. The Labute approximate surface area is 239 Å². The summed E-state index contributed by atoms with van der Waals surface area (Å²) < 4.78 is 5.98. The van der Waals surface area contributed by atoms with Crippen LogP contribution in [0.5, 0.6) is 0 Å². The molecule has 5 fully saturated rings. The van der Waals surface area contributed by atoms with Crippen LogP contribution < -0.4 is 5.73 Å². The zero-order chi connectivity index (χ0) is 29.6. The minimum Gasteiger partial charge on any atom is -0.478 e. The Balaban J connectivity index is 1.65. The minimum absolute atomic E-state index is 0.0772. The van der Waals surface area contributed by atoms with Gasteiger partial charge in [0.1, 0.15) is 6.10 Å². The fraction of sp³-hybridized carbons (Fsp3) is 0.818. The van der Waals surface area contributed by atoms with Crippen molar-refractivity contribution in [3.63, 3.8) is 0 Å². The second-order valence-corrected chi connectivity index (χ2v) is 15.0. The van der Waals surface area contributed by atoms with E-state index < -0.39 is 35.8 Å². The number of esters is 1. The summed E-state index contributed by atoms with van der Waals surface area (Å²) in [6, 6.07) is 0. The van der Waals surface area contributed by atoms with E-state index in [1.54, 1.807) is 0 Å². The van der Waals surface area contributed by atoms with Crippen molar-refractivity contribution in [3.8, 4) is 0 Å². The van der Waals surface area contributed by atoms with Gasteiger partial charge in [-0.25, -0.2) is 4.79 Å². The molecule has 0 aromatic rings. The van der Waals surface area contributed by atoms with E-state index in [1.165, 1.54) is 18.1 Å². The van der Waals surface area contributed by atoms with Gasteiger partial charge in [-0.3, -0.25) is 4.79 Å². The lowest BCUT2D eigenvalue weighted by molar-refractivity contribution is -0.241. The van der Waals surface area contributed by atoms with E-state index in [2.05, 4.69) is 41.5 Å². The van der Waals surface area contributed by atoms with Crippen molar-refractivity contribution in [2.45, 2.75) is 130 Å². The van der Waals surface area contributed by atoms with Crippen LogP contribution in [0.1, 0.15) is 106 Å². The standard InChI is InChI=1S/C33H51NO6/c1-17(2)20-8-9-21(14-20)26(29(38)39)27-22-15-24(37)28-30(5,32(22,7)16-25(27)40-19(4)35)12-13-33(34)18(3)23(36)10-11-31(28,33)6/h18,21-25,28,36-37H,8-16,34H2,1-7H3,(H,38,39)/b27-26-/t18?,21?,22-,23+,24+,25?,28+,30?,31?,32?,33+/m0/s1. The van der Waals surface area contributed by atoms with Crippen molar-refractivity contribution >= 4 is 11.9 Å². The third-order valence-corrected chi connectivity index (χ3v) is 13.4. The number of hydrogen-bond donors (Lipinski definition) is 4. The molecule has 5 rings (SSSR count). The fourth-order valence-electron chi connectivity index (χ4n) is 10.9. The zero-order valence-corrected chi connectivity index (χ0v) is 25.5. The number of aliphatic hydroxyl groups excluding tert-OH is 2. The molecule has 0 spiro atoms. The number of fused-ring (bicyclic) bond motifs is 5. The third kappa shape index (κ3) is 3.93. The minimum atomic E-state index is -0.926. The van der Waals surface area contributed by atoms with E-state index in [0.717, 1.165) is 44.1 Å². The van der Waals surface area contributed by atoms with Gasteiger partial charge in [0.2, 0.25) is 0 Å². The van der Waals surface area contributed by atoms with Gasteiger partial charge in [-0.1, -0.05) is 38.8 Å². The molecule has 11 atom stereocenters. The zero-order valence-electron chi connectivity index (χ0n) is 25.5. The summed E-state index contributed by atoms with van der Waals surface area (Å²) in [6.45, 7) is 14.4. The first kappa shape index (κ1) is 29.8. The summed E-state index contributed by atoms with van der Waals surface area (Å²) in [4.78, 5) is 25.4. The molecular formula is C33H51NO6. The second kappa shape index (κ2) is 9.67. The Bertz CT molecular complexity index is 1160. The number of carboxylic acids is 1. The molecule has 224 valence electrons. The lowest BCUT2D eigenvalue weighted by Crippen LogP contribution is -2.75. The highest BCUT2D eigenvalue weighted by molar-refractivity contribution is 5.89. The molecule has 5 aliphatic carbocycles. The van der Waals surface area contributed by atoms with E-state index in [4.69, 9.17) is 10.5 Å². The van der Waals surface area contributed by atoms with E-state index >= 15 is 0 Å². The smallest absolute Gasteiger partial charge is 0.331 e. The molecule has 0 aliphatic heterocycles. The average Bonchev–Trinajstić information content (AvgIpc) is 3.44. The number of hydrogen-bond acceptors (Lipinski definition) is 6. The molecule has 0 radical (unpaired) electrons. The van der Waals surface area contributed by atoms with Crippen molar-refractivity contribution in [3.05, 3.63) is 22.3 Å². The Hall–Kier alpha value is -1.70. The molecule has 7 nitrogen and oxygen atoms in total. The SMILES string of the molecule is CC(=O)OC1CC2(C)[C@@H](C[C@@H](O)[C@@H]3C2(C)CC[C@@]2(N)C(C)[C@H](O)CCC32C)/C1=C(/C(=O)O)C1CCC(=C(C)C)C1. The number of aliphatic hydroxyl groups is 2. The number of carbonyl (C=O) groups excluding carboxylic acids is 1. The number of nitrogens with two attached hydrogens (primary N) is 1. The molecule has 5 N–H and O–H groups in total. The molecule has 0 aromatic carbocycles. The molecule has 0 bridgehead atoms. The van der Waals surface area contributed by atoms with E-state index in [1.807, 2.05) is 0 Å². The predicted molar refractivity (Wildman–Crippen MR) is 153 cm³/mol. The average molecular weight is 558 g/mol. The quantitative estimate of drug-likeness (QED) is 0.215. The molecule has 7 heteroatoms. The monoisotopic (exact) mass is 557 g/mol. The summed E-state index contributed by atoms with van der Waals surface area (Å²) in [5.41, 5.74) is 9.26. The Morgan fingerprint density at radius 3 is 2.20 bits per heavy atom. The number of ether oxygens (including phenoxy) is 1. The van der Waals surface area contributed by atoms with E-state index in [-0.39, 0.29) is 39.9 Å². The predicted octanol–water partition coefficient (Wildman–Crippen LogP) is 5.14. The first-order valence-electron chi connectivity index (χ1n) is 15.5.